The fourth-order valence-corrected chi connectivity index (χ4v) is 1.66. The van der Waals surface area contributed by atoms with Crippen LogP contribution in [-0.2, 0) is 4.79 Å². The number of rotatable bonds is 5. The molecule has 0 unspecified atom stereocenters. The van der Waals surface area contributed by atoms with Crippen molar-refractivity contribution in [1.29, 1.82) is 0 Å². The van der Waals surface area contributed by atoms with Gasteiger partial charge in [0.05, 0.1) is 12.7 Å². The van der Waals surface area contributed by atoms with E-state index in [2.05, 4.69) is 26.0 Å². The molecule has 5 N–H and O–H groups in total. The van der Waals surface area contributed by atoms with Gasteiger partial charge in [0.2, 0.25) is 5.91 Å². The number of nitrogens with two attached hydrogens (primary N) is 1. The zero-order chi connectivity index (χ0) is 13.8. The number of nitrogens with zero attached hydrogens (tertiary/aromatic N) is 3. The quantitative estimate of drug-likeness (QED) is 0.445. The summed E-state index contributed by atoms with van der Waals surface area (Å²) in [6, 6.07) is 0.103. The maximum absolute atomic E-state index is 11.6. The van der Waals surface area contributed by atoms with Crippen LogP contribution in [0.3, 0.4) is 0 Å². The number of carbonyl (C=O) groups excluding carboxylic acids is 1. The van der Waals surface area contributed by atoms with E-state index in [1.54, 1.807) is 23.0 Å². The Morgan fingerprint density at radius 3 is 3.00 bits per heavy atom. The van der Waals surface area contributed by atoms with Crippen molar-refractivity contribution in [3.8, 4) is 0 Å². The Kier molecular flexibility index (Phi) is 3.81. The van der Waals surface area contributed by atoms with E-state index in [9.17, 15) is 4.79 Å². The molecule has 2 rings (SSSR count). The first kappa shape index (κ1) is 13.1. The first-order chi connectivity index (χ1) is 9.10. The summed E-state index contributed by atoms with van der Waals surface area (Å²) in [5, 5.41) is 5.74. The lowest BCUT2D eigenvalue weighted by Crippen LogP contribution is -2.35. The molecule has 0 radical (unpaired) electrons. The molecule has 0 saturated heterocycles. The van der Waals surface area contributed by atoms with Gasteiger partial charge in [-0.25, -0.2) is 15.8 Å². The van der Waals surface area contributed by atoms with Gasteiger partial charge >= 0.3 is 0 Å². The molecule has 1 amide bonds. The summed E-state index contributed by atoms with van der Waals surface area (Å²) >= 11 is 0. The molecular formula is C11H17N7O. The summed E-state index contributed by atoms with van der Waals surface area (Å²) in [5.41, 5.74) is 3.10. The zero-order valence-electron chi connectivity index (χ0n) is 10.8. The summed E-state index contributed by atoms with van der Waals surface area (Å²) in [6.07, 6.45) is 5.13. The summed E-state index contributed by atoms with van der Waals surface area (Å²) in [5.74, 6) is 6.23. The Hall–Kier alpha value is -2.35. The van der Waals surface area contributed by atoms with Crippen molar-refractivity contribution in [3.63, 3.8) is 0 Å². The summed E-state index contributed by atoms with van der Waals surface area (Å²) in [7, 11) is 0. The molecule has 8 heteroatoms. The highest BCUT2D eigenvalue weighted by molar-refractivity contribution is 5.82. The third kappa shape index (κ3) is 3.10. The van der Waals surface area contributed by atoms with Crippen LogP contribution >= 0.6 is 0 Å². The molecule has 0 aliphatic carbocycles. The standard InChI is InChI=1S/C11H17N7O/c1-7(2)15-9(19)5-14-10-11-13-3-4-18(11)6-8(16-10)17-12/h3-4,6-7,17H,5,12H2,1-2H3,(H,14,16)(H,15,19). The second-order valence-electron chi connectivity index (χ2n) is 4.35. The zero-order valence-corrected chi connectivity index (χ0v) is 10.8. The highest BCUT2D eigenvalue weighted by Gasteiger charge is 2.09. The van der Waals surface area contributed by atoms with E-state index in [0.717, 1.165) is 0 Å². The Bertz CT molecular complexity index is 577. The molecule has 0 aliphatic rings. The third-order valence-electron chi connectivity index (χ3n) is 2.39. The minimum absolute atomic E-state index is 0.103. The largest absolute Gasteiger partial charge is 0.358 e. The van der Waals surface area contributed by atoms with Gasteiger partial charge in [-0.05, 0) is 13.8 Å². The van der Waals surface area contributed by atoms with E-state index in [1.807, 2.05) is 13.8 Å². The first-order valence-electron chi connectivity index (χ1n) is 5.93. The minimum Gasteiger partial charge on any atom is -0.358 e. The highest BCUT2D eigenvalue weighted by Crippen LogP contribution is 2.15. The minimum atomic E-state index is -0.104. The lowest BCUT2D eigenvalue weighted by atomic mass is 10.4. The average Bonchev–Trinajstić information content (AvgIpc) is 2.82. The lowest BCUT2D eigenvalue weighted by molar-refractivity contribution is -0.119. The molecule has 0 fully saturated rings. The molecule has 0 aromatic carbocycles. The maximum Gasteiger partial charge on any atom is 0.239 e. The Labute approximate surface area is 110 Å². The SMILES string of the molecule is CC(C)NC(=O)CNc1nc(NN)cn2ccnc12. The molecular weight excluding hydrogens is 246 g/mol. The average molecular weight is 263 g/mol. The Morgan fingerprint density at radius 2 is 2.32 bits per heavy atom. The molecule has 0 saturated carbocycles. The number of nitrogen functional groups attached to an aromatic ring is 1. The number of amides is 1. The number of hydrogen-bond acceptors (Lipinski definition) is 6. The van der Waals surface area contributed by atoms with E-state index < -0.39 is 0 Å². The first-order valence-corrected chi connectivity index (χ1v) is 5.93. The van der Waals surface area contributed by atoms with E-state index in [1.165, 1.54) is 0 Å². The predicted octanol–water partition coefficient (Wildman–Crippen LogP) is -0.0486. The summed E-state index contributed by atoms with van der Waals surface area (Å²) in [4.78, 5) is 20.0. The Balaban J connectivity index is 2.15. The number of carbonyl (C=O) groups is 1. The topological polar surface area (TPSA) is 109 Å². The van der Waals surface area contributed by atoms with E-state index in [4.69, 9.17) is 5.84 Å². The van der Waals surface area contributed by atoms with Crippen molar-refractivity contribution < 1.29 is 4.79 Å². The second kappa shape index (κ2) is 5.53. The van der Waals surface area contributed by atoms with Crippen LogP contribution in [-0.4, -0.2) is 32.9 Å². The van der Waals surface area contributed by atoms with Gasteiger partial charge in [0.25, 0.3) is 0 Å². The number of hydrazine groups is 1. The predicted molar refractivity (Wildman–Crippen MR) is 72.6 cm³/mol. The maximum atomic E-state index is 11.6. The monoisotopic (exact) mass is 263 g/mol. The van der Waals surface area contributed by atoms with Crippen molar-refractivity contribution in [3.05, 3.63) is 18.6 Å². The van der Waals surface area contributed by atoms with Crippen molar-refractivity contribution in [2.45, 2.75) is 19.9 Å². The summed E-state index contributed by atoms with van der Waals surface area (Å²) < 4.78 is 1.77. The van der Waals surface area contributed by atoms with Crippen LogP contribution in [0.15, 0.2) is 18.6 Å². The molecule has 19 heavy (non-hydrogen) atoms. The molecule has 102 valence electrons. The smallest absolute Gasteiger partial charge is 0.239 e. The van der Waals surface area contributed by atoms with Crippen LogP contribution in [0.4, 0.5) is 11.6 Å². The van der Waals surface area contributed by atoms with Crippen LogP contribution in [0.25, 0.3) is 5.65 Å². The van der Waals surface area contributed by atoms with Gasteiger partial charge in [-0.1, -0.05) is 0 Å². The van der Waals surface area contributed by atoms with E-state index in [-0.39, 0.29) is 18.5 Å². The normalized spacial score (nSPS) is 10.7. The number of nitrogens with one attached hydrogen (secondary N) is 3. The summed E-state index contributed by atoms with van der Waals surface area (Å²) in [6.45, 7) is 3.94. The number of anilines is 2. The molecule has 0 atom stereocenters. The lowest BCUT2D eigenvalue weighted by Gasteiger charge is -2.11. The fraction of sp³-hybridized carbons (Fsp3) is 0.364. The molecule has 0 aliphatic heterocycles. The van der Waals surface area contributed by atoms with Crippen molar-refractivity contribution >= 4 is 23.2 Å². The second-order valence-corrected chi connectivity index (χ2v) is 4.35. The molecule has 2 aromatic heterocycles. The number of hydrogen-bond donors (Lipinski definition) is 4. The van der Waals surface area contributed by atoms with Gasteiger partial charge in [-0.15, -0.1) is 0 Å². The van der Waals surface area contributed by atoms with Crippen LogP contribution in [0.5, 0.6) is 0 Å². The van der Waals surface area contributed by atoms with E-state index in [0.29, 0.717) is 17.3 Å². The number of aromatic nitrogens is 3. The van der Waals surface area contributed by atoms with Gasteiger partial charge in [0.15, 0.2) is 17.3 Å². The van der Waals surface area contributed by atoms with Gasteiger partial charge in [0, 0.05) is 18.4 Å². The third-order valence-corrected chi connectivity index (χ3v) is 2.39. The van der Waals surface area contributed by atoms with E-state index >= 15 is 0 Å². The van der Waals surface area contributed by atoms with Crippen LogP contribution < -0.4 is 21.9 Å². The number of imidazole rings is 1. The number of fused-ring (bicyclic) bond motifs is 1. The van der Waals surface area contributed by atoms with Gasteiger partial charge in [-0.2, -0.15) is 0 Å². The van der Waals surface area contributed by atoms with Crippen molar-refractivity contribution in [1.82, 2.24) is 19.7 Å². The highest BCUT2D eigenvalue weighted by atomic mass is 16.1. The van der Waals surface area contributed by atoms with Crippen molar-refractivity contribution in [2.24, 2.45) is 5.84 Å². The van der Waals surface area contributed by atoms with Gasteiger partial charge < -0.3 is 20.5 Å². The fourth-order valence-electron chi connectivity index (χ4n) is 1.66. The van der Waals surface area contributed by atoms with Crippen LogP contribution in [0, 0.1) is 0 Å². The molecule has 2 aromatic rings. The molecule has 0 bridgehead atoms. The molecule has 2 heterocycles. The van der Waals surface area contributed by atoms with Gasteiger partial charge in [0.1, 0.15) is 0 Å². The van der Waals surface area contributed by atoms with Crippen molar-refractivity contribution in [2.75, 3.05) is 17.3 Å². The Morgan fingerprint density at radius 1 is 1.53 bits per heavy atom. The van der Waals surface area contributed by atoms with Crippen LogP contribution in [0.1, 0.15) is 13.8 Å². The van der Waals surface area contributed by atoms with Crippen LogP contribution in [0.2, 0.25) is 0 Å². The molecule has 8 nitrogen and oxygen atoms in total. The van der Waals surface area contributed by atoms with Gasteiger partial charge in [-0.3, -0.25) is 4.79 Å². The molecule has 0 spiro atoms.